The molecule has 1 unspecified atom stereocenters. The molecular weight excluding hydrogens is 497 g/mol. The summed E-state index contributed by atoms with van der Waals surface area (Å²) in [5.41, 5.74) is 5.73. The van der Waals surface area contributed by atoms with Crippen LogP contribution in [0.1, 0.15) is 27.0 Å². The minimum absolute atomic E-state index is 0.0157. The Balaban J connectivity index is 1.53. The Kier molecular flexibility index (Phi) is 8.39. The average Bonchev–Trinajstić information content (AvgIpc) is 3.29. The molecule has 0 saturated carbocycles. The number of carbonyl (C=O) groups excluding carboxylic acids is 1. The molecule has 0 spiro atoms. The highest BCUT2D eigenvalue weighted by Crippen LogP contribution is 2.45. The van der Waals surface area contributed by atoms with E-state index < -0.39 is 37.0 Å². The van der Waals surface area contributed by atoms with Crippen LogP contribution in [-0.2, 0) is 23.1 Å². The van der Waals surface area contributed by atoms with Crippen molar-refractivity contribution in [3.63, 3.8) is 0 Å². The zero-order valence-electron chi connectivity index (χ0n) is 18.3. The maximum atomic E-state index is 12.1. The summed E-state index contributed by atoms with van der Waals surface area (Å²) in [7, 11) is -2.90. The van der Waals surface area contributed by atoms with Crippen molar-refractivity contribution in [1.29, 1.82) is 0 Å². The summed E-state index contributed by atoms with van der Waals surface area (Å²) in [5.74, 6) is 0.453. The van der Waals surface area contributed by atoms with E-state index in [2.05, 4.69) is 15.0 Å². The molecule has 12 nitrogen and oxygen atoms in total. The Morgan fingerprint density at radius 2 is 2.15 bits per heavy atom. The number of halogens is 1. The van der Waals surface area contributed by atoms with Crippen molar-refractivity contribution >= 4 is 53.7 Å². The molecule has 1 aliphatic rings. The van der Waals surface area contributed by atoms with Crippen molar-refractivity contribution < 1.29 is 33.4 Å². The summed E-state index contributed by atoms with van der Waals surface area (Å²) in [4.78, 5) is 22.9. The number of fused-ring (bicyclic) bond motifs is 1. The fraction of sp³-hybridized carbons (Fsp3) is 0.667. The van der Waals surface area contributed by atoms with Gasteiger partial charge >= 0.3 is 8.25 Å². The molecule has 0 bridgehead atoms. The van der Waals surface area contributed by atoms with Gasteiger partial charge in [-0.15, -0.1) is 11.6 Å². The van der Waals surface area contributed by atoms with Gasteiger partial charge in [-0.05, 0) is 20.8 Å². The molecule has 3 rings (SSSR count). The van der Waals surface area contributed by atoms with Crippen LogP contribution in [-0.4, -0.2) is 77.5 Å². The summed E-state index contributed by atoms with van der Waals surface area (Å²) in [6.45, 7) is 4.39. The number of thioether (sulfide) groups is 1. The van der Waals surface area contributed by atoms with Gasteiger partial charge in [0.1, 0.15) is 28.9 Å². The Labute approximate surface area is 200 Å². The van der Waals surface area contributed by atoms with E-state index in [0.29, 0.717) is 11.2 Å². The molecule has 184 valence electrons. The second-order valence-electron chi connectivity index (χ2n) is 8.29. The summed E-state index contributed by atoms with van der Waals surface area (Å²) in [6, 6.07) is 0. The molecule has 15 heteroatoms. The van der Waals surface area contributed by atoms with E-state index >= 15 is 0 Å². The molecule has 3 heterocycles. The van der Waals surface area contributed by atoms with Crippen molar-refractivity contribution in [2.45, 2.75) is 44.1 Å². The summed E-state index contributed by atoms with van der Waals surface area (Å²) in [5, 5.41) is 19.7. The number of aliphatic hydroxyl groups is 2. The van der Waals surface area contributed by atoms with Gasteiger partial charge in [-0.2, -0.15) is 0 Å². The monoisotopic (exact) mass is 523 g/mol. The van der Waals surface area contributed by atoms with E-state index in [4.69, 9.17) is 31.1 Å². The normalized spacial score (nSPS) is 26.7. The van der Waals surface area contributed by atoms with E-state index in [9.17, 15) is 19.6 Å². The van der Waals surface area contributed by atoms with E-state index in [-0.39, 0.29) is 36.5 Å². The molecule has 5 atom stereocenters. The van der Waals surface area contributed by atoms with Gasteiger partial charge < -0.3 is 29.7 Å². The quantitative estimate of drug-likeness (QED) is 0.232. The number of nitrogens with two attached hydrogens (primary N) is 1. The highest BCUT2D eigenvalue weighted by atomic mass is 35.5. The minimum Gasteiger partial charge on any atom is -0.395 e. The van der Waals surface area contributed by atoms with E-state index in [1.165, 1.54) is 12.7 Å². The van der Waals surface area contributed by atoms with Crippen LogP contribution < -0.4 is 5.73 Å². The first-order chi connectivity index (χ1) is 15.5. The van der Waals surface area contributed by atoms with Crippen molar-refractivity contribution in [2.24, 2.45) is 5.41 Å². The number of imidazole rings is 1. The molecule has 2 aromatic heterocycles. The number of alkyl halides is 1. The Bertz CT molecular complexity index is 1020. The van der Waals surface area contributed by atoms with Crippen molar-refractivity contribution in [3.05, 3.63) is 12.7 Å². The highest BCUT2D eigenvalue weighted by Gasteiger charge is 2.53. The Hall–Kier alpha value is -1.31. The van der Waals surface area contributed by atoms with E-state index in [0.717, 1.165) is 11.8 Å². The smallest absolute Gasteiger partial charge is 0.319 e. The lowest BCUT2D eigenvalue weighted by atomic mass is 9.97. The second kappa shape index (κ2) is 10.5. The van der Waals surface area contributed by atoms with Gasteiger partial charge in [-0.25, -0.2) is 15.0 Å². The van der Waals surface area contributed by atoms with Gasteiger partial charge in [0.05, 0.1) is 31.6 Å². The Morgan fingerprint density at radius 3 is 2.85 bits per heavy atom. The van der Waals surface area contributed by atoms with Crippen LogP contribution in [0.4, 0.5) is 5.82 Å². The average molecular weight is 524 g/mol. The molecular formula is C18H27ClN5O7PS. The number of hydrogen-bond acceptors (Lipinski definition) is 12. The van der Waals surface area contributed by atoms with Crippen molar-refractivity contribution in [1.82, 2.24) is 19.5 Å². The molecule has 1 saturated heterocycles. The van der Waals surface area contributed by atoms with Gasteiger partial charge in [0.2, 0.25) is 0 Å². The number of hydrogen-bond donors (Lipinski definition) is 3. The first-order valence-electron chi connectivity index (χ1n) is 10.0. The molecule has 1 fully saturated rings. The predicted octanol–water partition coefficient (Wildman–Crippen LogP) is 1.37. The highest BCUT2D eigenvalue weighted by molar-refractivity contribution is 8.13. The number of nitrogens with zero attached hydrogens (tertiary/aromatic N) is 4. The van der Waals surface area contributed by atoms with Gasteiger partial charge in [0, 0.05) is 5.75 Å². The maximum Gasteiger partial charge on any atom is 0.319 e. The zero-order chi connectivity index (χ0) is 24.4. The molecule has 33 heavy (non-hydrogen) atoms. The lowest BCUT2D eigenvalue weighted by molar-refractivity contribution is -0.119. The first kappa shape index (κ1) is 26.3. The lowest BCUT2D eigenvalue weighted by Gasteiger charge is -2.26. The van der Waals surface area contributed by atoms with Crippen LogP contribution in [0.3, 0.4) is 0 Å². The summed E-state index contributed by atoms with van der Waals surface area (Å²) >= 11 is 7.58. The molecule has 0 amide bonds. The maximum absolute atomic E-state index is 12.1. The number of anilines is 1. The molecule has 0 aromatic carbocycles. The van der Waals surface area contributed by atoms with Crippen LogP contribution in [0.2, 0.25) is 0 Å². The number of aliphatic hydroxyl groups excluding tert-OH is 2. The van der Waals surface area contributed by atoms with Crippen LogP contribution in [0, 0.1) is 5.41 Å². The van der Waals surface area contributed by atoms with E-state index in [1.54, 1.807) is 25.3 Å². The van der Waals surface area contributed by atoms with Crippen molar-refractivity contribution in [3.8, 4) is 0 Å². The third-order valence-corrected chi connectivity index (χ3v) is 7.64. The van der Waals surface area contributed by atoms with E-state index in [1.807, 2.05) is 0 Å². The number of rotatable bonds is 10. The SMILES string of the molecule is CC(C)(CO)C(=O)SCCO[PH](=O)OC[C@H]1O[C@@H](n2cnc3c(N)ncnc32)[C@](C)(Cl)[C@@H]1O. The molecule has 4 N–H and O–H groups in total. The molecule has 2 aromatic rings. The van der Waals surface area contributed by atoms with Gasteiger partial charge in [0.15, 0.2) is 22.8 Å². The van der Waals surface area contributed by atoms with Crippen LogP contribution in [0.5, 0.6) is 0 Å². The largest absolute Gasteiger partial charge is 0.395 e. The third-order valence-electron chi connectivity index (χ3n) is 5.21. The number of carbonyl (C=O) groups is 1. The fourth-order valence-corrected chi connectivity index (χ4v) is 5.01. The number of ether oxygens (including phenoxy) is 1. The van der Waals surface area contributed by atoms with Crippen LogP contribution in [0.25, 0.3) is 11.2 Å². The first-order valence-corrected chi connectivity index (χ1v) is 12.6. The standard InChI is InChI=1S/C18H27ClN5O7PS/c1-17(2,7-25)16(27)33-5-4-29-32(28)30-6-10-12(26)18(3,19)15(31-10)24-9-23-11-13(20)21-8-22-14(11)24/h8-10,12,15,25-26,32H,4-7H2,1-3H3,(H2,20,21,22)/t10-,12-,15-,18-/m1/s1. The topological polar surface area (TPSA) is 172 Å². The predicted molar refractivity (Wildman–Crippen MR) is 123 cm³/mol. The van der Waals surface area contributed by atoms with Gasteiger partial charge in [-0.3, -0.25) is 13.9 Å². The van der Waals surface area contributed by atoms with Crippen molar-refractivity contribution in [2.75, 3.05) is 31.3 Å². The lowest BCUT2D eigenvalue weighted by Crippen LogP contribution is -2.39. The van der Waals surface area contributed by atoms with Gasteiger partial charge in [0.25, 0.3) is 0 Å². The minimum atomic E-state index is -2.90. The fourth-order valence-electron chi connectivity index (χ4n) is 3.10. The molecule has 0 radical (unpaired) electrons. The summed E-state index contributed by atoms with van der Waals surface area (Å²) < 4.78 is 29.9. The summed E-state index contributed by atoms with van der Waals surface area (Å²) in [6.07, 6.45) is -0.187. The zero-order valence-corrected chi connectivity index (χ0v) is 20.9. The van der Waals surface area contributed by atoms with Crippen LogP contribution in [0.15, 0.2) is 12.7 Å². The van der Waals surface area contributed by atoms with Gasteiger partial charge in [-0.1, -0.05) is 11.8 Å². The second-order valence-corrected chi connectivity index (χ2v) is 11.3. The number of nitrogen functional groups attached to an aromatic ring is 1. The van der Waals surface area contributed by atoms with Crippen LogP contribution >= 0.6 is 31.6 Å². The molecule has 1 aliphatic heterocycles. The Morgan fingerprint density at radius 1 is 1.42 bits per heavy atom. The third kappa shape index (κ3) is 5.68. The molecule has 0 aliphatic carbocycles. The number of aromatic nitrogens is 4.